The molecule has 2 aromatic carbocycles. The summed E-state index contributed by atoms with van der Waals surface area (Å²) in [4.78, 5) is 24.4. The van der Waals surface area contributed by atoms with Crippen LogP contribution in [0.2, 0.25) is 5.02 Å². The Morgan fingerprint density at radius 2 is 1.64 bits per heavy atom. The normalized spacial score (nSPS) is 12.9. The Morgan fingerprint density at radius 1 is 1.04 bits per heavy atom. The molecule has 0 aliphatic carbocycles. The molecule has 0 saturated carbocycles. The summed E-state index contributed by atoms with van der Waals surface area (Å²) in [5, 5.41) is 3.28. The van der Waals surface area contributed by atoms with Crippen molar-refractivity contribution in [3.63, 3.8) is 0 Å². The van der Waals surface area contributed by atoms with Gasteiger partial charge in [-0.1, -0.05) is 54.1 Å². The number of carbonyl (C=O) groups is 2. The molecule has 0 radical (unpaired) electrons. The SMILES string of the molecule is COC(=O)[C@H](Cc1ccc(Cl)cc1)NC(=O)[C@@H](N)Cc1ccccc1. The third kappa shape index (κ3) is 5.89. The average molecular weight is 361 g/mol. The van der Waals surface area contributed by atoms with Crippen molar-refractivity contribution in [2.45, 2.75) is 24.9 Å². The summed E-state index contributed by atoms with van der Waals surface area (Å²) < 4.78 is 4.79. The highest BCUT2D eigenvalue weighted by atomic mass is 35.5. The highest BCUT2D eigenvalue weighted by molar-refractivity contribution is 6.30. The van der Waals surface area contributed by atoms with Crippen LogP contribution in [-0.2, 0) is 27.2 Å². The van der Waals surface area contributed by atoms with Gasteiger partial charge in [0.1, 0.15) is 6.04 Å². The van der Waals surface area contributed by atoms with Crippen molar-refractivity contribution in [3.05, 3.63) is 70.7 Å². The fourth-order valence-electron chi connectivity index (χ4n) is 2.43. The van der Waals surface area contributed by atoms with E-state index >= 15 is 0 Å². The number of benzene rings is 2. The topological polar surface area (TPSA) is 81.4 Å². The number of methoxy groups -OCH3 is 1. The fraction of sp³-hybridized carbons (Fsp3) is 0.263. The van der Waals surface area contributed by atoms with Crippen molar-refractivity contribution in [2.24, 2.45) is 5.73 Å². The minimum absolute atomic E-state index is 0.299. The quantitative estimate of drug-likeness (QED) is 0.741. The van der Waals surface area contributed by atoms with Crippen LogP contribution in [0.25, 0.3) is 0 Å². The molecule has 0 bridgehead atoms. The maximum absolute atomic E-state index is 12.4. The van der Waals surface area contributed by atoms with E-state index in [0.717, 1.165) is 11.1 Å². The molecule has 0 heterocycles. The van der Waals surface area contributed by atoms with Gasteiger partial charge in [0.25, 0.3) is 0 Å². The van der Waals surface area contributed by atoms with Crippen LogP contribution in [0.5, 0.6) is 0 Å². The predicted molar refractivity (Wildman–Crippen MR) is 97.2 cm³/mol. The van der Waals surface area contributed by atoms with Crippen LogP contribution in [0.15, 0.2) is 54.6 Å². The minimum atomic E-state index is -0.805. The molecule has 2 atom stereocenters. The number of ether oxygens (including phenoxy) is 1. The Bertz CT molecular complexity index is 704. The van der Waals surface area contributed by atoms with Gasteiger partial charge in [-0.2, -0.15) is 0 Å². The first-order valence-corrected chi connectivity index (χ1v) is 8.29. The lowest BCUT2D eigenvalue weighted by molar-refractivity contribution is -0.145. The Morgan fingerprint density at radius 3 is 2.24 bits per heavy atom. The van der Waals surface area contributed by atoms with Gasteiger partial charge in [-0.15, -0.1) is 0 Å². The number of hydrogen-bond acceptors (Lipinski definition) is 4. The van der Waals surface area contributed by atoms with E-state index in [1.165, 1.54) is 7.11 Å². The first-order valence-electron chi connectivity index (χ1n) is 7.91. The summed E-state index contributed by atoms with van der Waals surface area (Å²) in [5.41, 5.74) is 7.78. The van der Waals surface area contributed by atoms with Gasteiger partial charge in [0, 0.05) is 11.4 Å². The summed E-state index contributed by atoms with van der Waals surface area (Å²) in [6.07, 6.45) is 0.690. The van der Waals surface area contributed by atoms with Crippen molar-refractivity contribution in [1.29, 1.82) is 0 Å². The molecule has 2 rings (SSSR count). The van der Waals surface area contributed by atoms with Gasteiger partial charge in [-0.25, -0.2) is 4.79 Å². The second-order valence-corrected chi connectivity index (χ2v) is 6.15. The summed E-state index contributed by atoms with van der Waals surface area (Å²) in [5.74, 6) is -0.913. The minimum Gasteiger partial charge on any atom is -0.467 e. The molecule has 0 unspecified atom stereocenters. The maximum Gasteiger partial charge on any atom is 0.328 e. The van der Waals surface area contributed by atoms with Gasteiger partial charge in [0.15, 0.2) is 0 Å². The molecule has 6 heteroatoms. The summed E-state index contributed by atoms with van der Waals surface area (Å²) in [6, 6.07) is 15.0. The highest BCUT2D eigenvalue weighted by Crippen LogP contribution is 2.12. The number of halogens is 1. The monoisotopic (exact) mass is 360 g/mol. The van der Waals surface area contributed by atoms with Gasteiger partial charge in [0.05, 0.1) is 13.2 Å². The molecule has 2 aromatic rings. The Kier molecular flexibility index (Phi) is 6.98. The number of nitrogens with two attached hydrogens (primary N) is 1. The average Bonchev–Trinajstić information content (AvgIpc) is 2.63. The number of carbonyl (C=O) groups excluding carboxylic acids is 2. The van der Waals surface area contributed by atoms with Crippen LogP contribution >= 0.6 is 11.6 Å². The van der Waals surface area contributed by atoms with E-state index in [0.29, 0.717) is 17.9 Å². The number of esters is 1. The first kappa shape index (κ1) is 19.0. The van der Waals surface area contributed by atoms with Crippen LogP contribution < -0.4 is 11.1 Å². The highest BCUT2D eigenvalue weighted by Gasteiger charge is 2.24. The van der Waals surface area contributed by atoms with Gasteiger partial charge in [-0.05, 0) is 29.7 Å². The molecule has 132 valence electrons. The first-order chi connectivity index (χ1) is 12.0. The van der Waals surface area contributed by atoms with Crippen molar-refractivity contribution in [1.82, 2.24) is 5.32 Å². The molecule has 5 nitrogen and oxygen atoms in total. The number of amides is 1. The maximum atomic E-state index is 12.4. The van der Waals surface area contributed by atoms with E-state index in [1.807, 2.05) is 30.3 Å². The molecule has 0 aromatic heterocycles. The summed E-state index contributed by atoms with van der Waals surface area (Å²) >= 11 is 5.86. The van der Waals surface area contributed by atoms with Crippen molar-refractivity contribution < 1.29 is 14.3 Å². The summed E-state index contributed by atoms with van der Waals surface area (Å²) in [6.45, 7) is 0. The second-order valence-electron chi connectivity index (χ2n) is 5.71. The lowest BCUT2D eigenvalue weighted by Crippen LogP contribution is -2.50. The molecular weight excluding hydrogens is 340 g/mol. The van der Waals surface area contributed by atoms with Crippen LogP contribution in [-0.4, -0.2) is 31.1 Å². The van der Waals surface area contributed by atoms with Crippen LogP contribution in [0, 0.1) is 0 Å². The van der Waals surface area contributed by atoms with E-state index in [2.05, 4.69) is 5.32 Å². The molecular formula is C19H21ClN2O3. The third-order valence-electron chi connectivity index (χ3n) is 3.79. The van der Waals surface area contributed by atoms with Gasteiger partial charge >= 0.3 is 5.97 Å². The Balaban J connectivity index is 2.01. The zero-order valence-electron chi connectivity index (χ0n) is 13.9. The van der Waals surface area contributed by atoms with Crippen molar-refractivity contribution >= 4 is 23.5 Å². The second kappa shape index (κ2) is 9.20. The predicted octanol–water partition coefficient (Wildman–Crippen LogP) is 2.11. The van der Waals surface area contributed by atoms with Gasteiger partial charge in [0.2, 0.25) is 5.91 Å². The smallest absolute Gasteiger partial charge is 0.328 e. The molecule has 1 amide bonds. The zero-order valence-corrected chi connectivity index (χ0v) is 14.7. The summed E-state index contributed by atoms with van der Waals surface area (Å²) in [7, 11) is 1.28. The van der Waals surface area contributed by atoms with E-state index < -0.39 is 24.0 Å². The van der Waals surface area contributed by atoms with Gasteiger partial charge < -0.3 is 15.8 Å². The molecule has 0 fully saturated rings. The Labute approximate surface area is 152 Å². The molecule has 0 aliphatic rings. The van der Waals surface area contributed by atoms with Gasteiger partial charge in [-0.3, -0.25) is 4.79 Å². The van der Waals surface area contributed by atoms with E-state index in [-0.39, 0.29) is 0 Å². The van der Waals surface area contributed by atoms with Crippen LogP contribution in [0.1, 0.15) is 11.1 Å². The molecule has 0 spiro atoms. The largest absolute Gasteiger partial charge is 0.467 e. The lowest BCUT2D eigenvalue weighted by Gasteiger charge is -2.19. The molecule has 25 heavy (non-hydrogen) atoms. The van der Waals surface area contributed by atoms with Crippen LogP contribution in [0.3, 0.4) is 0 Å². The fourth-order valence-corrected chi connectivity index (χ4v) is 2.56. The standard InChI is InChI=1S/C19H21ClN2O3/c1-25-19(24)17(12-14-7-9-15(20)10-8-14)22-18(23)16(21)11-13-5-3-2-4-6-13/h2-10,16-17H,11-12,21H2,1H3,(H,22,23)/t16-,17-/m0/s1. The Hall–Kier alpha value is -2.37. The van der Waals surface area contributed by atoms with Crippen molar-refractivity contribution in [2.75, 3.05) is 7.11 Å². The molecule has 0 saturated heterocycles. The zero-order chi connectivity index (χ0) is 18.2. The molecule has 3 N–H and O–H groups in total. The third-order valence-corrected chi connectivity index (χ3v) is 4.04. The molecule has 0 aliphatic heterocycles. The lowest BCUT2D eigenvalue weighted by atomic mass is 10.0. The van der Waals surface area contributed by atoms with Crippen LogP contribution in [0.4, 0.5) is 0 Å². The number of nitrogens with one attached hydrogen (secondary N) is 1. The van der Waals surface area contributed by atoms with Crippen molar-refractivity contribution in [3.8, 4) is 0 Å². The number of hydrogen-bond donors (Lipinski definition) is 2. The van der Waals surface area contributed by atoms with E-state index in [9.17, 15) is 9.59 Å². The van der Waals surface area contributed by atoms with E-state index in [4.69, 9.17) is 22.1 Å². The number of rotatable bonds is 7. The van der Waals surface area contributed by atoms with E-state index in [1.54, 1.807) is 24.3 Å².